The Kier molecular flexibility index (Phi) is 3.85. The van der Waals surface area contributed by atoms with Crippen LogP contribution in [0.25, 0.3) is 0 Å². The summed E-state index contributed by atoms with van der Waals surface area (Å²) >= 11 is 1.48. The highest BCUT2D eigenvalue weighted by molar-refractivity contribution is 7.14. The van der Waals surface area contributed by atoms with Crippen molar-refractivity contribution >= 4 is 22.1 Å². The third kappa shape index (κ3) is 3.04. The van der Waals surface area contributed by atoms with E-state index in [2.05, 4.69) is 23.5 Å². The molecule has 1 unspecified atom stereocenters. The molecule has 1 aromatic carbocycles. The van der Waals surface area contributed by atoms with Crippen LogP contribution in [0.4, 0.5) is 5.00 Å². The second kappa shape index (κ2) is 5.94. The Hall–Kier alpha value is -2.38. The molecule has 0 radical (unpaired) electrons. The Labute approximate surface area is 127 Å². The van der Waals surface area contributed by atoms with Crippen LogP contribution in [-0.2, 0) is 4.79 Å². The normalized spacial score (nSPS) is 18.0. The minimum Gasteiger partial charge on any atom is -0.349 e. The molecule has 21 heavy (non-hydrogen) atoms. The molecular formula is C17H14N2OS. The van der Waals surface area contributed by atoms with Gasteiger partial charge in [0.05, 0.1) is 5.56 Å². The standard InChI is InChI=1S/C17H14N2OS/c18-11-13-6-7-21-17(13)19-15-8-14(9-16(20)10-15)12-4-2-1-3-5-12/h1-7,10,14,19H,8-9H2. The van der Waals surface area contributed by atoms with E-state index in [1.54, 1.807) is 12.1 Å². The zero-order valence-electron chi connectivity index (χ0n) is 11.4. The molecule has 1 aliphatic rings. The summed E-state index contributed by atoms with van der Waals surface area (Å²) in [5.74, 6) is 0.337. The summed E-state index contributed by atoms with van der Waals surface area (Å²) in [4.78, 5) is 12.0. The maximum Gasteiger partial charge on any atom is 0.158 e. The molecule has 0 saturated carbocycles. The maximum absolute atomic E-state index is 12.0. The lowest BCUT2D eigenvalue weighted by Gasteiger charge is -2.23. The first-order chi connectivity index (χ1) is 10.3. The summed E-state index contributed by atoms with van der Waals surface area (Å²) in [7, 11) is 0. The van der Waals surface area contributed by atoms with Crippen molar-refractivity contribution in [3.8, 4) is 6.07 Å². The van der Waals surface area contributed by atoms with E-state index in [4.69, 9.17) is 5.26 Å². The molecule has 1 N–H and O–H groups in total. The zero-order valence-corrected chi connectivity index (χ0v) is 12.2. The number of hydrogen-bond acceptors (Lipinski definition) is 4. The molecule has 0 aliphatic heterocycles. The average molecular weight is 294 g/mol. The van der Waals surface area contributed by atoms with Gasteiger partial charge in [-0.2, -0.15) is 5.26 Å². The number of nitrogens with one attached hydrogen (secondary N) is 1. The van der Waals surface area contributed by atoms with E-state index < -0.39 is 0 Å². The van der Waals surface area contributed by atoms with Gasteiger partial charge >= 0.3 is 0 Å². The summed E-state index contributed by atoms with van der Waals surface area (Å²) < 4.78 is 0. The van der Waals surface area contributed by atoms with Crippen LogP contribution < -0.4 is 5.32 Å². The molecule has 1 aliphatic carbocycles. The van der Waals surface area contributed by atoms with Crippen LogP contribution >= 0.6 is 11.3 Å². The summed E-state index contributed by atoms with van der Waals surface area (Å²) in [6, 6.07) is 14.0. The van der Waals surface area contributed by atoms with E-state index in [1.165, 1.54) is 16.9 Å². The Morgan fingerprint density at radius 1 is 1.19 bits per heavy atom. The first kappa shape index (κ1) is 13.6. The van der Waals surface area contributed by atoms with Gasteiger partial charge in [-0.05, 0) is 29.3 Å². The summed E-state index contributed by atoms with van der Waals surface area (Å²) in [5.41, 5.74) is 2.69. The number of thiophene rings is 1. The topological polar surface area (TPSA) is 52.9 Å². The van der Waals surface area contributed by atoms with E-state index in [0.29, 0.717) is 12.0 Å². The summed E-state index contributed by atoms with van der Waals surface area (Å²) in [6.07, 6.45) is 3.00. The van der Waals surface area contributed by atoms with Gasteiger partial charge in [0, 0.05) is 18.2 Å². The van der Waals surface area contributed by atoms with Crippen molar-refractivity contribution in [1.82, 2.24) is 0 Å². The van der Waals surface area contributed by atoms with Crippen molar-refractivity contribution in [1.29, 1.82) is 5.26 Å². The van der Waals surface area contributed by atoms with E-state index in [0.717, 1.165) is 17.1 Å². The fraction of sp³-hybridized carbons (Fsp3) is 0.176. The van der Waals surface area contributed by atoms with Crippen molar-refractivity contribution in [3.05, 3.63) is 64.7 Å². The molecule has 1 heterocycles. The second-order valence-corrected chi connectivity index (χ2v) is 5.97. The quantitative estimate of drug-likeness (QED) is 0.928. The molecule has 0 spiro atoms. The molecule has 0 amide bonds. The van der Waals surface area contributed by atoms with E-state index >= 15 is 0 Å². The van der Waals surface area contributed by atoms with Crippen LogP contribution in [0.5, 0.6) is 0 Å². The smallest absolute Gasteiger partial charge is 0.158 e. The Balaban J connectivity index is 1.80. The molecule has 1 aromatic heterocycles. The number of anilines is 1. The van der Waals surface area contributed by atoms with Crippen LogP contribution in [0.2, 0.25) is 0 Å². The predicted molar refractivity (Wildman–Crippen MR) is 84.2 cm³/mol. The highest BCUT2D eigenvalue weighted by Crippen LogP contribution is 2.33. The average Bonchev–Trinajstić information content (AvgIpc) is 2.95. The number of carbonyl (C=O) groups excluding carboxylic acids is 1. The number of nitrogens with zero attached hydrogens (tertiary/aromatic N) is 1. The first-order valence-electron chi connectivity index (χ1n) is 6.79. The Morgan fingerprint density at radius 2 is 2.00 bits per heavy atom. The van der Waals surface area contributed by atoms with Crippen molar-refractivity contribution in [2.45, 2.75) is 18.8 Å². The fourth-order valence-electron chi connectivity index (χ4n) is 2.58. The zero-order chi connectivity index (χ0) is 14.7. The number of allylic oxidation sites excluding steroid dienone is 2. The van der Waals surface area contributed by atoms with Crippen molar-refractivity contribution in [3.63, 3.8) is 0 Å². The van der Waals surface area contributed by atoms with Gasteiger partial charge in [-0.3, -0.25) is 4.79 Å². The lowest BCUT2D eigenvalue weighted by atomic mass is 9.85. The third-order valence-electron chi connectivity index (χ3n) is 3.58. The lowest BCUT2D eigenvalue weighted by Crippen LogP contribution is -2.16. The van der Waals surface area contributed by atoms with Gasteiger partial charge in [0.2, 0.25) is 0 Å². The number of rotatable bonds is 3. The maximum atomic E-state index is 12.0. The summed E-state index contributed by atoms with van der Waals surface area (Å²) in [6.45, 7) is 0. The highest BCUT2D eigenvalue weighted by atomic mass is 32.1. The SMILES string of the molecule is N#Cc1ccsc1NC1=CC(=O)CC(c2ccccc2)C1. The Morgan fingerprint density at radius 3 is 2.76 bits per heavy atom. The van der Waals surface area contributed by atoms with Crippen molar-refractivity contribution in [2.24, 2.45) is 0 Å². The number of nitriles is 1. The largest absolute Gasteiger partial charge is 0.349 e. The van der Waals surface area contributed by atoms with Gasteiger partial charge in [0.1, 0.15) is 11.1 Å². The molecule has 3 nitrogen and oxygen atoms in total. The van der Waals surface area contributed by atoms with E-state index in [9.17, 15) is 4.79 Å². The van der Waals surface area contributed by atoms with Gasteiger partial charge in [0.25, 0.3) is 0 Å². The molecule has 104 valence electrons. The molecule has 1 atom stereocenters. The number of benzene rings is 1. The van der Waals surface area contributed by atoms with Crippen LogP contribution in [0.15, 0.2) is 53.6 Å². The molecular weight excluding hydrogens is 280 g/mol. The number of hydrogen-bond donors (Lipinski definition) is 1. The van der Waals surface area contributed by atoms with Gasteiger partial charge in [0.15, 0.2) is 5.78 Å². The van der Waals surface area contributed by atoms with Crippen LogP contribution in [0.1, 0.15) is 29.9 Å². The molecule has 0 saturated heterocycles. The molecule has 4 heteroatoms. The fourth-order valence-corrected chi connectivity index (χ4v) is 3.35. The van der Waals surface area contributed by atoms with Crippen molar-refractivity contribution < 1.29 is 4.79 Å². The van der Waals surface area contributed by atoms with Gasteiger partial charge in [-0.25, -0.2) is 0 Å². The van der Waals surface area contributed by atoms with Gasteiger partial charge in [-0.1, -0.05) is 30.3 Å². The molecule has 0 bridgehead atoms. The van der Waals surface area contributed by atoms with Crippen molar-refractivity contribution in [2.75, 3.05) is 5.32 Å². The minimum absolute atomic E-state index is 0.132. The summed E-state index contributed by atoms with van der Waals surface area (Å²) in [5, 5.41) is 15.0. The van der Waals surface area contributed by atoms with E-state index in [-0.39, 0.29) is 11.7 Å². The number of ketones is 1. The molecule has 3 rings (SSSR count). The minimum atomic E-state index is 0.132. The van der Waals surface area contributed by atoms with Gasteiger partial charge in [-0.15, -0.1) is 11.3 Å². The third-order valence-corrected chi connectivity index (χ3v) is 4.41. The van der Waals surface area contributed by atoms with Crippen LogP contribution in [0, 0.1) is 11.3 Å². The molecule has 2 aromatic rings. The first-order valence-corrected chi connectivity index (χ1v) is 7.67. The second-order valence-electron chi connectivity index (χ2n) is 5.05. The van der Waals surface area contributed by atoms with Gasteiger partial charge < -0.3 is 5.32 Å². The van der Waals surface area contributed by atoms with Crippen LogP contribution in [0.3, 0.4) is 0 Å². The molecule has 0 fully saturated rings. The number of carbonyl (C=O) groups is 1. The predicted octanol–water partition coefficient (Wildman–Crippen LogP) is 4.06. The lowest BCUT2D eigenvalue weighted by molar-refractivity contribution is -0.115. The van der Waals surface area contributed by atoms with E-state index in [1.807, 2.05) is 23.6 Å². The monoisotopic (exact) mass is 294 g/mol. The van der Waals surface area contributed by atoms with Crippen LogP contribution in [-0.4, -0.2) is 5.78 Å². The highest BCUT2D eigenvalue weighted by Gasteiger charge is 2.22. The Bertz CT molecular complexity index is 725.